The molecule has 1 aliphatic rings. The maximum absolute atomic E-state index is 12.8. The maximum atomic E-state index is 12.8. The Hall–Kier alpha value is -2.96. The summed E-state index contributed by atoms with van der Waals surface area (Å²) in [7, 11) is 0. The van der Waals surface area contributed by atoms with E-state index >= 15 is 0 Å². The lowest BCUT2D eigenvalue weighted by Gasteiger charge is -2.32. The molecule has 1 amide bonds. The highest BCUT2D eigenvalue weighted by molar-refractivity contribution is 5.93. The van der Waals surface area contributed by atoms with Crippen molar-refractivity contribution in [3.8, 4) is 0 Å². The number of piperidine rings is 1. The number of hydrogen-bond donors (Lipinski definition) is 0. The van der Waals surface area contributed by atoms with Gasteiger partial charge in [-0.15, -0.1) is 0 Å². The van der Waals surface area contributed by atoms with Gasteiger partial charge in [0.25, 0.3) is 5.91 Å². The lowest BCUT2D eigenvalue weighted by molar-refractivity contribution is 0.0682. The fourth-order valence-corrected chi connectivity index (χ4v) is 3.87. The van der Waals surface area contributed by atoms with Gasteiger partial charge in [-0.2, -0.15) is 0 Å². The number of imidazole rings is 1. The summed E-state index contributed by atoms with van der Waals surface area (Å²) in [6.45, 7) is 4.65. The zero-order valence-electron chi connectivity index (χ0n) is 15.4. The Morgan fingerprint density at radius 1 is 1.15 bits per heavy atom. The van der Waals surface area contributed by atoms with Gasteiger partial charge < -0.3 is 4.90 Å². The Kier molecular flexibility index (Phi) is 4.75. The van der Waals surface area contributed by atoms with Gasteiger partial charge in [0, 0.05) is 44.8 Å². The molecule has 7 heteroatoms. The molecule has 1 fully saturated rings. The van der Waals surface area contributed by atoms with E-state index < -0.39 is 0 Å². The molecule has 0 aromatic carbocycles. The van der Waals surface area contributed by atoms with E-state index in [1.165, 1.54) is 0 Å². The second-order valence-corrected chi connectivity index (χ2v) is 6.96. The first-order valence-corrected chi connectivity index (χ1v) is 9.42. The number of likely N-dealkylation sites (tertiary alicyclic amines) is 1. The van der Waals surface area contributed by atoms with Crippen LogP contribution in [0.5, 0.6) is 0 Å². The van der Waals surface area contributed by atoms with E-state index in [9.17, 15) is 9.59 Å². The average molecular weight is 365 g/mol. The molecule has 0 aliphatic carbocycles. The molecule has 0 N–H and O–H groups in total. The Balaban J connectivity index is 1.47. The minimum atomic E-state index is 0.0000610. The third-order valence-corrected chi connectivity index (χ3v) is 5.34. The van der Waals surface area contributed by atoms with Crippen molar-refractivity contribution in [1.82, 2.24) is 24.0 Å². The molecule has 140 valence electrons. The number of carbonyl (C=O) groups is 1. The van der Waals surface area contributed by atoms with Gasteiger partial charge in [0.05, 0.1) is 11.1 Å². The lowest BCUT2D eigenvalue weighted by Crippen LogP contribution is -2.40. The number of pyridine rings is 2. The van der Waals surface area contributed by atoms with Crippen LogP contribution in [0.2, 0.25) is 0 Å². The van der Waals surface area contributed by atoms with Crippen molar-refractivity contribution in [1.29, 1.82) is 0 Å². The molecule has 3 aromatic heterocycles. The fraction of sp³-hybridized carbons (Fsp3) is 0.400. The van der Waals surface area contributed by atoms with Crippen molar-refractivity contribution >= 4 is 17.1 Å². The average Bonchev–Trinajstić information content (AvgIpc) is 2.99. The van der Waals surface area contributed by atoms with Crippen LogP contribution in [0.4, 0.5) is 0 Å². The Labute approximate surface area is 157 Å². The van der Waals surface area contributed by atoms with E-state index in [2.05, 4.69) is 9.97 Å². The number of rotatable bonds is 4. The van der Waals surface area contributed by atoms with Crippen LogP contribution >= 0.6 is 0 Å². The van der Waals surface area contributed by atoms with Crippen molar-refractivity contribution in [2.75, 3.05) is 13.1 Å². The quantitative estimate of drug-likeness (QED) is 0.710. The number of aryl methyl sites for hydroxylation is 1. The van der Waals surface area contributed by atoms with Crippen molar-refractivity contribution < 1.29 is 4.79 Å². The van der Waals surface area contributed by atoms with Crippen molar-refractivity contribution in [3.63, 3.8) is 0 Å². The molecule has 0 saturated carbocycles. The van der Waals surface area contributed by atoms with E-state index in [0.29, 0.717) is 37.7 Å². The van der Waals surface area contributed by atoms with Gasteiger partial charge in [-0.1, -0.05) is 0 Å². The summed E-state index contributed by atoms with van der Waals surface area (Å²) in [5, 5.41) is 0. The largest absolute Gasteiger partial charge is 0.339 e. The second-order valence-electron chi connectivity index (χ2n) is 6.96. The Morgan fingerprint density at radius 3 is 2.63 bits per heavy atom. The molecule has 0 spiro atoms. The highest BCUT2D eigenvalue weighted by atomic mass is 16.2. The van der Waals surface area contributed by atoms with E-state index in [1.807, 2.05) is 24.0 Å². The highest BCUT2D eigenvalue weighted by Gasteiger charge is 2.25. The molecule has 0 radical (unpaired) electrons. The summed E-state index contributed by atoms with van der Waals surface area (Å²) in [5.74, 6) is 0.390. The minimum absolute atomic E-state index is 0.0000610. The van der Waals surface area contributed by atoms with Crippen molar-refractivity contribution in [3.05, 3.63) is 58.9 Å². The maximum Gasteiger partial charge on any atom is 0.330 e. The smallest absolute Gasteiger partial charge is 0.330 e. The summed E-state index contributed by atoms with van der Waals surface area (Å²) in [5.41, 5.74) is 2.26. The number of hydrogen-bond acceptors (Lipinski definition) is 4. The number of carbonyl (C=O) groups excluding carboxylic acids is 1. The monoisotopic (exact) mass is 365 g/mol. The fourth-order valence-electron chi connectivity index (χ4n) is 3.87. The van der Waals surface area contributed by atoms with Crippen molar-refractivity contribution in [2.24, 2.45) is 5.92 Å². The van der Waals surface area contributed by atoms with Gasteiger partial charge in [-0.25, -0.2) is 9.78 Å². The third-order valence-electron chi connectivity index (χ3n) is 5.34. The normalized spacial score (nSPS) is 15.4. The molecule has 0 unspecified atom stereocenters. The summed E-state index contributed by atoms with van der Waals surface area (Å²) in [6.07, 6.45) is 6.77. The van der Waals surface area contributed by atoms with Crippen LogP contribution in [0, 0.1) is 5.92 Å². The number of aromatic nitrogens is 4. The summed E-state index contributed by atoms with van der Waals surface area (Å²) < 4.78 is 3.56. The standard InChI is InChI=1S/C20H23N5O2/c1-2-24-17-6-4-10-22-18(17)25(20(24)27)14-15-7-11-23(12-8-15)19(26)16-5-3-9-21-13-16/h3-6,9-10,13,15H,2,7-8,11-12,14H2,1H3. The van der Waals surface area contributed by atoms with E-state index in [0.717, 1.165) is 24.0 Å². The first-order valence-electron chi connectivity index (χ1n) is 9.42. The Bertz CT molecular complexity index is 1000. The van der Waals surface area contributed by atoms with E-state index in [1.54, 1.807) is 39.9 Å². The topological polar surface area (TPSA) is 73.0 Å². The number of fused-ring (bicyclic) bond motifs is 1. The first kappa shape index (κ1) is 17.5. The molecule has 4 heterocycles. The number of amides is 1. The van der Waals surface area contributed by atoms with Gasteiger partial charge in [0.1, 0.15) is 0 Å². The van der Waals surface area contributed by atoms with Gasteiger partial charge in [-0.05, 0) is 49.9 Å². The van der Waals surface area contributed by atoms with Crippen LogP contribution in [0.1, 0.15) is 30.1 Å². The molecular formula is C20H23N5O2. The molecule has 27 heavy (non-hydrogen) atoms. The predicted molar refractivity (Wildman–Crippen MR) is 103 cm³/mol. The van der Waals surface area contributed by atoms with Gasteiger partial charge in [-0.3, -0.25) is 18.9 Å². The van der Waals surface area contributed by atoms with Gasteiger partial charge in [0.2, 0.25) is 0 Å². The van der Waals surface area contributed by atoms with E-state index in [4.69, 9.17) is 0 Å². The summed E-state index contributed by atoms with van der Waals surface area (Å²) in [6, 6.07) is 7.38. The molecule has 4 rings (SSSR count). The third kappa shape index (κ3) is 3.25. The second kappa shape index (κ2) is 7.34. The lowest BCUT2D eigenvalue weighted by atomic mass is 9.96. The zero-order chi connectivity index (χ0) is 18.8. The molecule has 7 nitrogen and oxygen atoms in total. The van der Waals surface area contributed by atoms with Crippen molar-refractivity contribution in [2.45, 2.75) is 32.9 Å². The van der Waals surface area contributed by atoms with E-state index in [-0.39, 0.29) is 11.6 Å². The van der Waals surface area contributed by atoms with Crippen LogP contribution < -0.4 is 5.69 Å². The molecule has 1 saturated heterocycles. The predicted octanol–water partition coefficient (Wildman–Crippen LogP) is 2.17. The minimum Gasteiger partial charge on any atom is -0.339 e. The molecule has 3 aromatic rings. The zero-order valence-corrected chi connectivity index (χ0v) is 15.4. The van der Waals surface area contributed by atoms with Gasteiger partial charge in [0.15, 0.2) is 5.65 Å². The molecule has 1 aliphatic heterocycles. The van der Waals surface area contributed by atoms with Crippen LogP contribution in [-0.4, -0.2) is 43.0 Å². The first-order chi connectivity index (χ1) is 13.2. The molecule has 0 bridgehead atoms. The summed E-state index contributed by atoms with van der Waals surface area (Å²) >= 11 is 0. The Morgan fingerprint density at radius 2 is 1.93 bits per heavy atom. The molecular weight excluding hydrogens is 342 g/mol. The van der Waals surface area contributed by atoms with Crippen LogP contribution in [0.3, 0.4) is 0 Å². The molecule has 0 atom stereocenters. The van der Waals surface area contributed by atoms with Crippen LogP contribution in [-0.2, 0) is 13.1 Å². The van der Waals surface area contributed by atoms with Crippen LogP contribution in [0.15, 0.2) is 47.7 Å². The summed E-state index contributed by atoms with van der Waals surface area (Å²) in [4.78, 5) is 35.7. The van der Waals surface area contributed by atoms with Crippen LogP contribution in [0.25, 0.3) is 11.2 Å². The number of nitrogens with zero attached hydrogens (tertiary/aromatic N) is 5. The SMILES string of the molecule is CCn1c(=O)n(CC2CCN(C(=O)c3cccnc3)CC2)c2ncccc21. The highest BCUT2D eigenvalue weighted by Crippen LogP contribution is 2.22. The van der Waals surface area contributed by atoms with Gasteiger partial charge >= 0.3 is 5.69 Å².